The molecule has 1 aromatic rings. The largest absolute Gasteiger partial charge is 0.492 e. The zero-order valence-electron chi connectivity index (χ0n) is 15.7. The third-order valence-electron chi connectivity index (χ3n) is 5.14. The van der Waals surface area contributed by atoms with E-state index in [0.29, 0.717) is 24.1 Å². The van der Waals surface area contributed by atoms with Crippen molar-refractivity contribution in [3.8, 4) is 5.75 Å². The van der Waals surface area contributed by atoms with E-state index in [9.17, 15) is 4.79 Å². The molecule has 0 spiro atoms. The highest BCUT2D eigenvalue weighted by Gasteiger charge is 2.25. The quantitative estimate of drug-likeness (QED) is 0.781. The van der Waals surface area contributed by atoms with Crippen LogP contribution in [0.3, 0.4) is 0 Å². The number of hydrogen-bond acceptors (Lipinski definition) is 3. The normalized spacial score (nSPS) is 21.3. The second-order valence-corrected chi connectivity index (χ2v) is 8.05. The zero-order chi connectivity index (χ0) is 17.6. The van der Waals surface area contributed by atoms with Gasteiger partial charge in [-0.05, 0) is 63.2 Å². The molecule has 1 saturated carbocycles. The van der Waals surface area contributed by atoms with Gasteiger partial charge < -0.3 is 15.0 Å². The van der Waals surface area contributed by atoms with Crippen LogP contribution in [0.15, 0.2) is 24.3 Å². The summed E-state index contributed by atoms with van der Waals surface area (Å²) < 4.78 is 6.09. The Morgan fingerprint density at radius 3 is 2.84 bits per heavy atom. The molecule has 0 aromatic heterocycles. The number of para-hydroxylation sites is 1. The smallest absolute Gasteiger partial charge is 0.255 e. The highest BCUT2D eigenvalue weighted by atomic mass is 16.5. The van der Waals surface area contributed by atoms with E-state index in [4.69, 9.17) is 4.74 Å². The van der Waals surface area contributed by atoms with E-state index in [-0.39, 0.29) is 5.91 Å². The molecular formula is C21H32N2O2. The fourth-order valence-corrected chi connectivity index (χ4v) is 3.41. The maximum Gasteiger partial charge on any atom is 0.255 e. The monoisotopic (exact) mass is 344 g/mol. The van der Waals surface area contributed by atoms with Crippen LogP contribution < -0.4 is 10.1 Å². The van der Waals surface area contributed by atoms with Gasteiger partial charge in [0.2, 0.25) is 0 Å². The first kappa shape index (κ1) is 18.2. The summed E-state index contributed by atoms with van der Waals surface area (Å²) in [6.07, 6.45) is 5.92. The maximum atomic E-state index is 12.4. The lowest BCUT2D eigenvalue weighted by molar-refractivity contribution is 0.0941. The lowest BCUT2D eigenvalue weighted by Crippen LogP contribution is -2.38. The molecule has 1 aliphatic heterocycles. The first-order chi connectivity index (χ1) is 12.1. The van der Waals surface area contributed by atoms with Crippen LogP contribution >= 0.6 is 0 Å². The van der Waals surface area contributed by atoms with Crippen molar-refractivity contribution in [2.45, 2.75) is 52.0 Å². The standard InChI is InChI=1S/C21H32N2O2/c1-16(2)11-13-23-12-5-6-17(14-23)15-25-20-8-4-3-7-19(20)21(24)22-18-9-10-18/h3-4,7-8,16-18H,5-6,9-15H2,1-2H3,(H,22,24). The van der Waals surface area contributed by atoms with Crippen molar-refractivity contribution in [2.24, 2.45) is 11.8 Å². The van der Waals surface area contributed by atoms with Gasteiger partial charge in [0.25, 0.3) is 5.91 Å². The minimum absolute atomic E-state index is 0.000282. The number of benzene rings is 1. The maximum absolute atomic E-state index is 12.4. The Morgan fingerprint density at radius 1 is 1.28 bits per heavy atom. The summed E-state index contributed by atoms with van der Waals surface area (Å²) in [5.74, 6) is 2.04. The van der Waals surface area contributed by atoms with Gasteiger partial charge in [0.15, 0.2) is 0 Å². The number of ether oxygens (including phenoxy) is 1. The molecule has 1 saturated heterocycles. The summed E-state index contributed by atoms with van der Waals surface area (Å²) in [4.78, 5) is 14.9. The topological polar surface area (TPSA) is 41.6 Å². The number of nitrogens with zero attached hydrogens (tertiary/aromatic N) is 1. The molecule has 2 fully saturated rings. The number of carbonyl (C=O) groups excluding carboxylic acids is 1. The molecule has 2 aliphatic rings. The molecule has 1 heterocycles. The number of likely N-dealkylation sites (tertiary alicyclic amines) is 1. The molecule has 25 heavy (non-hydrogen) atoms. The Balaban J connectivity index is 1.51. The third-order valence-corrected chi connectivity index (χ3v) is 5.14. The van der Waals surface area contributed by atoms with E-state index < -0.39 is 0 Å². The first-order valence-electron chi connectivity index (χ1n) is 9.87. The van der Waals surface area contributed by atoms with Gasteiger partial charge in [0, 0.05) is 18.5 Å². The van der Waals surface area contributed by atoms with Crippen molar-refractivity contribution in [2.75, 3.05) is 26.2 Å². The van der Waals surface area contributed by atoms with Crippen molar-refractivity contribution in [3.63, 3.8) is 0 Å². The second-order valence-electron chi connectivity index (χ2n) is 8.05. The average molecular weight is 344 g/mol. The van der Waals surface area contributed by atoms with Crippen molar-refractivity contribution in [1.82, 2.24) is 10.2 Å². The van der Waals surface area contributed by atoms with Crippen molar-refractivity contribution < 1.29 is 9.53 Å². The number of rotatable bonds is 8. The summed E-state index contributed by atoms with van der Waals surface area (Å²) in [6, 6.07) is 8.00. The number of hydrogen-bond donors (Lipinski definition) is 1. The van der Waals surface area contributed by atoms with Gasteiger partial charge in [0.05, 0.1) is 12.2 Å². The van der Waals surface area contributed by atoms with Gasteiger partial charge in [-0.3, -0.25) is 4.79 Å². The summed E-state index contributed by atoms with van der Waals surface area (Å²) in [7, 11) is 0. The molecule has 1 atom stereocenters. The fraction of sp³-hybridized carbons (Fsp3) is 0.667. The minimum atomic E-state index is 0.000282. The summed E-state index contributed by atoms with van der Waals surface area (Å²) in [6.45, 7) is 8.79. The number of piperidine rings is 1. The lowest BCUT2D eigenvalue weighted by atomic mass is 9.98. The Kier molecular flexibility index (Phi) is 6.35. The SMILES string of the molecule is CC(C)CCN1CCCC(COc2ccccc2C(=O)NC2CC2)C1. The molecule has 3 rings (SSSR count). The second kappa shape index (κ2) is 8.70. The van der Waals surface area contributed by atoms with Crippen LogP contribution in [0, 0.1) is 11.8 Å². The molecule has 138 valence electrons. The molecule has 1 N–H and O–H groups in total. The van der Waals surface area contributed by atoms with Crippen molar-refractivity contribution in [1.29, 1.82) is 0 Å². The number of nitrogens with one attached hydrogen (secondary N) is 1. The molecule has 1 amide bonds. The summed E-state index contributed by atoms with van der Waals surface area (Å²) in [5, 5.41) is 3.06. The molecular weight excluding hydrogens is 312 g/mol. The van der Waals surface area contributed by atoms with Gasteiger partial charge >= 0.3 is 0 Å². The fourth-order valence-electron chi connectivity index (χ4n) is 3.41. The Morgan fingerprint density at radius 2 is 2.08 bits per heavy atom. The van der Waals surface area contributed by atoms with Crippen LogP contribution in [-0.4, -0.2) is 43.1 Å². The number of amides is 1. The van der Waals surface area contributed by atoms with Crippen LogP contribution in [0.5, 0.6) is 5.75 Å². The van der Waals surface area contributed by atoms with Crippen LogP contribution in [0.25, 0.3) is 0 Å². The van der Waals surface area contributed by atoms with Gasteiger partial charge in [0.1, 0.15) is 5.75 Å². The molecule has 1 aliphatic carbocycles. The predicted molar refractivity (Wildman–Crippen MR) is 101 cm³/mol. The molecule has 1 unspecified atom stereocenters. The average Bonchev–Trinajstić information content (AvgIpc) is 3.43. The number of carbonyl (C=O) groups is 1. The van der Waals surface area contributed by atoms with E-state index in [1.54, 1.807) is 0 Å². The Hall–Kier alpha value is -1.55. The van der Waals surface area contributed by atoms with Crippen molar-refractivity contribution in [3.05, 3.63) is 29.8 Å². The van der Waals surface area contributed by atoms with Crippen LogP contribution in [-0.2, 0) is 0 Å². The van der Waals surface area contributed by atoms with E-state index in [1.165, 1.54) is 32.4 Å². The lowest BCUT2D eigenvalue weighted by Gasteiger charge is -2.33. The van der Waals surface area contributed by atoms with E-state index in [0.717, 1.165) is 31.1 Å². The molecule has 0 bridgehead atoms. The summed E-state index contributed by atoms with van der Waals surface area (Å²) >= 11 is 0. The van der Waals surface area contributed by atoms with Gasteiger partial charge in [-0.15, -0.1) is 0 Å². The highest BCUT2D eigenvalue weighted by Crippen LogP contribution is 2.24. The predicted octanol–water partition coefficient (Wildman–Crippen LogP) is 3.72. The third kappa shape index (κ3) is 5.74. The van der Waals surface area contributed by atoms with E-state index in [1.807, 2.05) is 24.3 Å². The van der Waals surface area contributed by atoms with E-state index >= 15 is 0 Å². The first-order valence-corrected chi connectivity index (χ1v) is 9.87. The van der Waals surface area contributed by atoms with E-state index in [2.05, 4.69) is 24.1 Å². The van der Waals surface area contributed by atoms with Crippen LogP contribution in [0.1, 0.15) is 56.3 Å². The molecule has 1 aromatic carbocycles. The van der Waals surface area contributed by atoms with Gasteiger partial charge in [-0.1, -0.05) is 26.0 Å². The van der Waals surface area contributed by atoms with Crippen LogP contribution in [0.4, 0.5) is 0 Å². The van der Waals surface area contributed by atoms with Gasteiger partial charge in [-0.2, -0.15) is 0 Å². The van der Waals surface area contributed by atoms with Gasteiger partial charge in [-0.25, -0.2) is 0 Å². The van der Waals surface area contributed by atoms with Crippen molar-refractivity contribution >= 4 is 5.91 Å². The Labute approximate surface area is 151 Å². The Bertz CT molecular complexity index is 569. The molecule has 0 radical (unpaired) electrons. The zero-order valence-corrected chi connectivity index (χ0v) is 15.7. The highest BCUT2D eigenvalue weighted by molar-refractivity contribution is 5.97. The molecule has 4 heteroatoms. The molecule has 4 nitrogen and oxygen atoms in total. The summed E-state index contributed by atoms with van der Waals surface area (Å²) in [5.41, 5.74) is 0.668. The van der Waals surface area contributed by atoms with Crippen LogP contribution in [0.2, 0.25) is 0 Å². The minimum Gasteiger partial charge on any atom is -0.492 e.